The van der Waals surface area contributed by atoms with Gasteiger partial charge in [0.05, 0.1) is 4.90 Å². The molecule has 2 aromatic carbocycles. The molecule has 2 aromatic rings. The van der Waals surface area contributed by atoms with Gasteiger partial charge in [0.15, 0.2) is 0 Å². The van der Waals surface area contributed by atoms with Crippen LogP contribution in [0.5, 0.6) is 0 Å². The van der Waals surface area contributed by atoms with Crippen molar-refractivity contribution >= 4 is 31.9 Å². The molecule has 30 heavy (non-hydrogen) atoms. The number of nitrogens with zero attached hydrogens (tertiary/aromatic N) is 1. The van der Waals surface area contributed by atoms with Crippen molar-refractivity contribution in [2.45, 2.75) is 44.0 Å². The molecule has 0 aliphatic carbocycles. The van der Waals surface area contributed by atoms with E-state index in [0.717, 1.165) is 10.0 Å². The van der Waals surface area contributed by atoms with Crippen molar-refractivity contribution in [3.63, 3.8) is 0 Å². The molecule has 8 heteroatoms. The quantitative estimate of drug-likeness (QED) is 0.643. The Kier molecular flexibility index (Phi) is 7.31. The number of piperidine rings is 1. The molecule has 1 saturated heterocycles. The number of rotatable bonds is 6. The van der Waals surface area contributed by atoms with Crippen LogP contribution in [0.1, 0.15) is 43.7 Å². The molecule has 0 saturated carbocycles. The molecular formula is C22H26BrFN2O3S. The number of nitrogens with one attached hydrogen (secondary N) is 1. The molecule has 0 aromatic heterocycles. The second kappa shape index (κ2) is 9.58. The molecule has 1 heterocycles. The smallest absolute Gasteiger partial charge is 0.243 e. The van der Waals surface area contributed by atoms with Crippen molar-refractivity contribution in [2.24, 2.45) is 5.92 Å². The van der Waals surface area contributed by atoms with Crippen LogP contribution in [0.2, 0.25) is 0 Å². The maximum atomic E-state index is 13.4. The number of carbonyl (C=O) groups is 1. The first-order valence-corrected chi connectivity index (χ1v) is 12.2. The molecule has 1 aliphatic heterocycles. The van der Waals surface area contributed by atoms with Crippen molar-refractivity contribution in [2.75, 3.05) is 13.1 Å². The summed E-state index contributed by atoms with van der Waals surface area (Å²) in [6.45, 7) is 4.95. The molecule has 5 nitrogen and oxygen atoms in total. The predicted octanol–water partition coefficient (Wildman–Crippen LogP) is 4.43. The Morgan fingerprint density at radius 3 is 2.40 bits per heavy atom. The largest absolute Gasteiger partial charge is 0.352 e. The minimum atomic E-state index is -3.57. The molecule has 1 N–H and O–H groups in total. The van der Waals surface area contributed by atoms with Crippen molar-refractivity contribution in [1.29, 1.82) is 0 Å². The second-order valence-corrected chi connectivity index (χ2v) is 10.6. The van der Waals surface area contributed by atoms with Gasteiger partial charge in [0, 0.05) is 30.0 Å². The third kappa shape index (κ3) is 5.28. The first-order valence-electron chi connectivity index (χ1n) is 10.00. The van der Waals surface area contributed by atoms with E-state index in [-0.39, 0.29) is 29.1 Å². The van der Waals surface area contributed by atoms with Gasteiger partial charge in [-0.2, -0.15) is 4.31 Å². The van der Waals surface area contributed by atoms with Crippen LogP contribution >= 0.6 is 15.9 Å². The highest BCUT2D eigenvalue weighted by Crippen LogP contribution is 2.26. The van der Waals surface area contributed by atoms with Crippen molar-refractivity contribution in [1.82, 2.24) is 9.62 Å². The Bertz CT molecular complexity index is 1000. The fraction of sp³-hybridized carbons (Fsp3) is 0.409. The van der Waals surface area contributed by atoms with Gasteiger partial charge < -0.3 is 5.32 Å². The van der Waals surface area contributed by atoms with Crippen molar-refractivity contribution < 1.29 is 17.6 Å². The van der Waals surface area contributed by atoms with Crippen LogP contribution in [0.4, 0.5) is 4.39 Å². The lowest BCUT2D eigenvalue weighted by Gasteiger charge is -2.30. The van der Waals surface area contributed by atoms with Gasteiger partial charge >= 0.3 is 0 Å². The molecule has 0 bridgehead atoms. The summed E-state index contributed by atoms with van der Waals surface area (Å²) in [5.41, 5.74) is 1.75. The molecule has 0 atom stereocenters. The van der Waals surface area contributed by atoms with Crippen molar-refractivity contribution in [3.05, 3.63) is 63.9 Å². The molecule has 0 radical (unpaired) electrons. The van der Waals surface area contributed by atoms with Gasteiger partial charge in [0.1, 0.15) is 5.82 Å². The van der Waals surface area contributed by atoms with E-state index in [1.807, 2.05) is 12.1 Å². The van der Waals surface area contributed by atoms with E-state index in [2.05, 4.69) is 35.1 Å². The Morgan fingerprint density at radius 2 is 1.80 bits per heavy atom. The van der Waals surface area contributed by atoms with E-state index < -0.39 is 10.0 Å². The van der Waals surface area contributed by atoms with Gasteiger partial charge in [-0.1, -0.05) is 41.9 Å². The number of hydrogen-bond donors (Lipinski definition) is 1. The number of benzene rings is 2. The fourth-order valence-corrected chi connectivity index (χ4v) is 5.39. The summed E-state index contributed by atoms with van der Waals surface area (Å²) >= 11 is 3.35. The average Bonchev–Trinajstić information content (AvgIpc) is 2.74. The number of carbonyl (C=O) groups excluding carboxylic acids is 1. The van der Waals surface area contributed by atoms with Gasteiger partial charge in [-0.25, -0.2) is 12.8 Å². The summed E-state index contributed by atoms with van der Waals surface area (Å²) < 4.78 is 41.4. The maximum absolute atomic E-state index is 13.4. The molecule has 1 fully saturated rings. The Labute approximate surface area is 185 Å². The Balaban J connectivity index is 1.57. The number of sulfonamides is 1. The molecule has 1 amide bonds. The van der Waals surface area contributed by atoms with E-state index in [1.165, 1.54) is 16.4 Å². The van der Waals surface area contributed by atoms with E-state index in [0.29, 0.717) is 37.4 Å². The summed E-state index contributed by atoms with van der Waals surface area (Å²) in [6, 6.07) is 11.3. The number of halogens is 2. The molecule has 162 valence electrons. The number of amides is 1. The summed E-state index contributed by atoms with van der Waals surface area (Å²) in [5, 5.41) is 2.84. The molecule has 0 unspecified atom stereocenters. The highest BCUT2D eigenvalue weighted by atomic mass is 79.9. The lowest BCUT2D eigenvalue weighted by molar-refractivity contribution is -0.126. The zero-order chi connectivity index (χ0) is 21.9. The van der Waals surface area contributed by atoms with Crippen LogP contribution in [-0.4, -0.2) is 31.7 Å². The fourth-order valence-electron chi connectivity index (χ4n) is 3.54. The highest BCUT2D eigenvalue weighted by molar-refractivity contribution is 9.10. The normalized spacial score (nSPS) is 16.0. The monoisotopic (exact) mass is 496 g/mol. The predicted molar refractivity (Wildman–Crippen MR) is 118 cm³/mol. The van der Waals surface area contributed by atoms with Crippen LogP contribution in [-0.2, 0) is 21.4 Å². The van der Waals surface area contributed by atoms with Gasteiger partial charge in [-0.05, 0) is 60.2 Å². The van der Waals surface area contributed by atoms with Crippen LogP contribution in [0.15, 0.2) is 51.8 Å². The summed E-state index contributed by atoms with van der Waals surface area (Å²) in [7, 11) is -3.57. The minimum Gasteiger partial charge on any atom is -0.352 e. The summed E-state index contributed by atoms with van der Waals surface area (Å²) in [4.78, 5) is 12.8. The van der Waals surface area contributed by atoms with Gasteiger partial charge in [0.25, 0.3) is 0 Å². The average molecular weight is 497 g/mol. The molecular weight excluding hydrogens is 471 g/mol. The minimum absolute atomic E-state index is 0.135. The van der Waals surface area contributed by atoms with E-state index in [1.54, 1.807) is 18.2 Å². The van der Waals surface area contributed by atoms with E-state index in [9.17, 15) is 17.6 Å². The first-order chi connectivity index (χ1) is 14.2. The maximum Gasteiger partial charge on any atom is 0.243 e. The summed E-state index contributed by atoms with van der Waals surface area (Å²) in [5.74, 6) is -0.414. The van der Waals surface area contributed by atoms with Crippen LogP contribution < -0.4 is 5.32 Å². The highest BCUT2D eigenvalue weighted by Gasteiger charge is 2.32. The van der Waals surface area contributed by atoms with Gasteiger partial charge in [0.2, 0.25) is 15.9 Å². The zero-order valence-electron chi connectivity index (χ0n) is 17.1. The Morgan fingerprint density at radius 1 is 1.17 bits per heavy atom. The zero-order valence-corrected chi connectivity index (χ0v) is 19.5. The molecule has 3 rings (SSSR count). The third-order valence-electron chi connectivity index (χ3n) is 5.47. The number of hydrogen-bond acceptors (Lipinski definition) is 3. The first kappa shape index (κ1) is 22.9. The topological polar surface area (TPSA) is 66.5 Å². The lowest BCUT2D eigenvalue weighted by Crippen LogP contribution is -2.42. The standard InChI is InChI=1S/C22H26BrFN2O3S/c1-15(2)16-3-6-20(7-4-16)30(28,29)26-11-9-17(10-12-26)22(27)25-14-18-13-19(24)5-8-21(18)23/h3-8,13,15,17H,9-12,14H2,1-2H3,(H,25,27). The van der Waals surface area contributed by atoms with Gasteiger partial charge in [-0.15, -0.1) is 0 Å². The van der Waals surface area contributed by atoms with Crippen LogP contribution in [0.25, 0.3) is 0 Å². The third-order valence-corrected chi connectivity index (χ3v) is 8.16. The van der Waals surface area contributed by atoms with E-state index >= 15 is 0 Å². The second-order valence-electron chi connectivity index (χ2n) is 7.86. The van der Waals surface area contributed by atoms with Crippen LogP contribution in [0, 0.1) is 11.7 Å². The van der Waals surface area contributed by atoms with Crippen LogP contribution in [0.3, 0.4) is 0 Å². The van der Waals surface area contributed by atoms with Gasteiger partial charge in [-0.3, -0.25) is 4.79 Å². The summed E-state index contributed by atoms with van der Waals surface area (Å²) in [6.07, 6.45) is 0.916. The Hall–Kier alpha value is -1.77. The lowest BCUT2D eigenvalue weighted by atomic mass is 9.97. The van der Waals surface area contributed by atoms with E-state index in [4.69, 9.17) is 0 Å². The molecule has 0 spiro atoms. The molecule has 1 aliphatic rings. The SMILES string of the molecule is CC(C)c1ccc(S(=O)(=O)N2CCC(C(=O)NCc3cc(F)ccc3Br)CC2)cc1. The van der Waals surface area contributed by atoms with Crippen molar-refractivity contribution in [3.8, 4) is 0 Å².